The standard InChI is InChI=1S/C21H35N5O/c1-5-22-21(26-12-9-17(2)10-13-26)24-16-18-7-6-8-19(15-18)20(27)23-11-14-25(3)4/h6-8,15,17H,5,9-14,16H2,1-4H3,(H,22,24)(H,23,27). The Bertz CT molecular complexity index is 621. The molecule has 0 aliphatic carbocycles. The van der Waals surface area contributed by atoms with E-state index in [1.165, 1.54) is 12.8 Å². The Morgan fingerprint density at radius 1 is 1.26 bits per heavy atom. The van der Waals surface area contributed by atoms with E-state index in [1.807, 2.05) is 38.4 Å². The third-order valence-corrected chi connectivity index (χ3v) is 4.86. The zero-order chi connectivity index (χ0) is 19.6. The average molecular weight is 374 g/mol. The van der Waals surface area contributed by atoms with Crippen LogP contribution in [-0.4, -0.2) is 68.5 Å². The topological polar surface area (TPSA) is 60.0 Å². The number of amides is 1. The number of carbonyl (C=O) groups is 1. The minimum absolute atomic E-state index is 0.0281. The molecule has 0 atom stereocenters. The molecule has 0 saturated carbocycles. The number of guanidine groups is 1. The van der Waals surface area contributed by atoms with Gasteiger partial charge in [0, 0.05) is 38.3 Å². The van der Waals surface area contributed by atoms with Crippen LogP contribution >= 0.6 is 0 Å². The fourth-order valence-corrected chi connectivity index (χ4v) is 3.12. The number of rotatable bonds is 7. The first-order valence-corrected chi connectivity index (χ1v) is 10.0. The lowest BCUT2D eigenvalue weighted by Gasteiger charge is -2.33. The van der Waals surface area contributed by atoms with Crippen molar-refractivity contribution >= 4 is 11.9 Å². The van der Waals surface area contributed by atoms with Gasteiger partial charge < -0.3 is 20.4 Å². The summed E-state index contributed by atoms with van der Waals surface area (Å²) in [6, 6.07) is 7.76. The highest BCUT2D eigenvalue weighted by molar-refractivity contribution is 5.94. The molecule has 1 amide bonds. The van der Waals surface area contributed by atoms with Gasteiger partial charge in [0.25, 0.3) is 5.91 Å². The maximum Gasteiger partial charge on any atom is 0.251 e. The lowest BCUT2D eigenvalue weighted by atomic mass is 10.00. The van der Waals surface area contributed by atoms with Crippen molar-refractivity contribution in [2.75, 3.05) is 46.8 Å². The molecule has 0 bridgehead atoms. The minimum atomic E-state index is -0.0281. The van der Waals surface area contributed by atoms with Crippen molar-refractivity contribution < 1.29 is 4.79 Å². The van der Waals surface area contributed by atoms with Crippen molar-refractivity contribution in [2.45, 2.75) is 33.2 Å². The van der Waals surface area contributed by atoms with Crippen LogP contribution in [0.2, 0.25) is 0 Å². The quantitative estimate of drug-likeness (QED) is 0.568. The van der Waals surface area contributed by atoms with Crippen LogP contribution in [0, 0.1) is 5.92 Å². The molecule has 6 heteroatoms. The van der Waals surface area contributed by atoms with Gasteiger partial charge in [-0.05, 0) is 57.5 Å². The number of piperidine rings is 1. The molecule has 1 aliphatic rings. The van der Waals surface area contributed by atoms with Crippen molar-refractivity contribution in [3.63, 3.8) is 0 Å². The molecule has 1 aromatic rings. The van der Waals surface area contributed by atoms with E-state index in [0.717, 1.165) is 43.6 Å². The third-order valence-electron chi connectivity index (χ3n) is 4.86. The monoisotopic (exact) mass is 373 g/mol. The zero-order valence-electron chi connectivity index (χ0n) is 17.3. The molecule has 0 spiro atoms. The second-order valence-corrected chi connectivity index (χ2v) is 7.60. The zero-order valence-corrected chi connectivity index (χ0v) is 17.3. The molecule has 0 radical (unpaired) electrons. The van der Waals surface area contributed by atoms with E-state index in [2.05, 4.69) is 34.3 Å². The number of hydrogen-bond acceptors (Lipinski definition) is 3. The normalized spacial score (nSPS) is 15.9. The first kappa shape index (κ1) is 21.2. The third kappa shape index (κ3) is 7.21. The van der Waals surface area contributed by atoms with Crippen LogP contribution in [0.25, 0.3) is 0 Å². The summed E-state index contributed by atoms with van der Waals surface area (Å²) in [6.45, 7) is 9.44. The number of carbonyl (C=O) groups excluding carboxylic acids is 1. The van der Waals surface area contributed by atoms with Crippen LogP contribution in [0.5, 0.6) is 0 Å². The Labute approximate surface area is 164 Å². The van der Waals surface area contributed by atoms with Gasteiger partial charge in [0.2, 0.25) is 0 Å². The first-order valence-electron chi connectivity index (χ1n) is 10.0. The predicted molar refractivity (Wildman–Crippen MR) is 112 cm³/mol. The number of likely N-dealkylation sites (N-methyl/N-ethyl adjacent to an activating group) is 1. The van der Waals surface area contributed by atoms with Gasteiger partial charge in [-0.15, -0.1) is 0 Å². The minimum Gasteiger partial charge on any atom is -0.357 e. The van der Waals surface area contributed by atoms with Crippen LogP contribution in [-0.2, 0) is 6.54 Å². The molecule has 0 aromatic heterocycles. The van der Waals surface area contributed by atoms with Gasteiger partial charge in [0.05, 0.1) is 6.54 Å². The van der Waals surface area contributed by atoms with Gasteiger partial charge in [0.15, 0.2) is 5.96 Å². The smallest absolute Gasteiger partial charge is 0.251 e. The Morgan fingerprint density at radius 2 is 2.00 bits per heavy atom. The summed E-state index contributed by atoms with van der Waals surface area (Å²) in [6.07, 6.45) is 2.43. The highest BCUT2D eigenvalue weighted by Crippen LogP contribution is 2.16. The summed E-state index contributed by atoms with van der Waals surface area (Å²) in [7, 11) is 3.99. The van der Waals surface area contributed by atoms with Gasteiger partial charge in [-0.3, -0.25) is 4.79 Å². The average Bonchev–Trinajstić information content (AvgIpc) is 2.66. The number of nitrogens with one attached hydrogen (secondary N) is 2. The van der Waals surface area contributed by atoms with Gasteiger partial charge in [-0.2, -0.15) is 0 Å². The summed E-state index contributed by atoms with van der Waals surface area (Å²) in [4.78, 5) is 21.5. The summed E-state index contributed by atoms with van der Waals surface area (Å²) in [5.74, 6) is 1.75. The number of hydrogen-bond donors (Lipinski definition) is 2. The molecule has 1 heterocycles. The molecule has 2 rings (SSSR count). The molecule has 1 aliphatic heterocycles. The maximum absolute atomic E-state index is 12.3. The Kier molecular flexibility index (Phi) is 8.58. The van der Waals surface area contributed by atoms with E-state index in [0.29, 0.717) is 18.7 Å². The fourth-order valence-electron chi connectivity index (χ4n) is 3.12. The fraction of sp³-hybridized carbons (Fsp3) is 0.619. The Balaban J connectivity index is 1.98. The van der Waals surface area contributed by atoms with Crippen LogP contribution in [0.1, 0.15) is 42.6 Å². The van der Waals surface area contributed by atoms with Gasteiger partial charge in [-0.25, -0.2) is 4.99 Å². The van der Waals surface area contributed by atoms with Crippen LogP contribution in [0.4, 0.5) is 0 Å². The highest BCUT2D eigenvalue weighted by atomic mass is 16.1. The molecule has 1 saturated heterocycles. The highest BCUT2D eigenvalue weighted by Gasteiger charge is 2.18. The second-order valence-electron chi connectivity index (χ2n) is 7.60. The van der Waals surface area contributed by atoms with Crippen molar-refractivity contribution in [1.82, 2.24) is 20.4 Å². The second kappa shape index (κ2) is 10.9. The summed E-state index contributed by atoms with van der Waals surface area (Å²) >= 11 is 0. The summed E-state index contributed by atoms with van der Waals surface area (Å²) < 4.78 is 0. The molecule has 0 unspecified atom stereocenters. The lowest BCUT2D eigenvalue weighted by molar-refractivity contribution is 0.0951. The van der Waals surface area contributed by atoms with Crippen molar-refractivity contribution in [2.24, 2.45) is 10.9 Å². The van der Waals surface area contributed by atoms with Crippen LogP contribution in [0.15, 0.2) is 29.3 Å². The van der Waals surface area contributed by atoms with Gasteiger partial charge in [0.1, 0.15) is 0 Å². The van der Waals surface area contributed by atoms with E-state index in [-0.39, 0.29) is 5.91 Å². The van der Waals surface area contributed by atoms with E-state index < -0.39 is 0 Å². The molecule has 2 N–H and O–H groups in total. The van der Waals surface area contributed by atoms with E-state index in [1.54, 1.807) is 0 Å². The van der Waals surface area contributed by atoms with Crippen LogP contribution < -0.4 is 10.6 Å². The molecule has 1 aromatic carbocycles. The van der Waals surface area contributed by atoms with Crippen molar-refractivity contribution in [1.29, 1.82) is 0 Å². The number of aliphatic imine (C=N–C) groups is 1. The Morgan fingerprint density at radius 3 is 2.67 bits per heavy atom. The first-order chi connectivity index (χ1) is 13.0. The molecule has 27 heavy (non-hydrogen) atoms. The van der Waals surface area contributed by atoms with Crippen molar-refractivity contribution in [3.8, 4) is 0 Å². The summed E-state index contributed by atoms with van der Waals surface area (Å²) in [5, 5.41) is 6.37. The van der Waals surface area contributed by atoms with E-state index in [9.17, 15) is 4.79 Å². The number of benzene rings is 1. The molecule has 1 fully saturated rings. The molecule has 6 nitrogen and oxygen atoms in total. The van der Waals surface area contributed by atoms with Gasteiger partial charge >= 0.3 is 0 Å². The van der Waals surface area contributed by atoms with Crippen molar-refractivity contribution in [3.05, 3.63) is 35.4 Å². The van der Waals surface area contributed by atoms with E-state index in [4.69, 9.17) is 4.99 Å². The van der Waals surface area contributed by atoms with Crippen LogP contribution in [0.3, 0.4) is 0 Å². The maximum atomic E-state index is 12.3. The summed E-state index contributed by atoms with van der Waals surface area (Å²) in [5.41, 5.74) is 1.74. The molecular formula is C21H35N5O. The predicted octanol–water partition coefficient (Wildman–Crippen LogP) is 2.18. The molecule has 150 valence electrons. The van der Waals surface area contributed by atoms with Gasteiger partial charge in [-0.1, -0.05) is 19.1 Å². The SMILES string of the molecule is CCNC(=NCc1cccc(C(=O)NCCN(C)C)c1)N1CCC(C)CC1. The molecular weight excluding hydrogens is 338 g/mol. The number of nitrogens with zero attached hydrogens (tertiary/aromatic N) is 3. The Hall–Kier alpha value is -2.08. The largest absolute Gasteiger partial charge is 0.357 e. The lowest BCUT2D eigenvalue weighted by Crippen LogP contribution is -2.45. The number of likely N-dealkylation sites (tertiary alicyclic amines) is 1. The van der Waals surface area contributed by atoms with E-state index >= 15 is 0 Å².